The minimum atomic E-state index is 0.214. The molecule has 5 heteroatoms. The molecule has 2 unspecified atom stereocenters. The van der Waals surface area contributed by atoms with Crippen molar-refractivity contribution in [3.8, 4) is 0 Å². The van der Waals surface area contributed by atoms with Gasteiger partial charge in [0.1, 0.15) is 0 Å². The van der Waals surface area contributed by atoms with Gasteiger partial charge in [-0.1, -0.05) is 29.3 Å². The molecule has 0 aliphatic carbocycles. The molecule has 1 N–H and O–H groups in total. The number of benzene rings is 1. The lowest BCUT2D eigenvalue weighted by Gasteiger charge is -2.20. The second-order valence-corrected chi connectivity index (χ2v) is 7.12. The topological polar surface area (TPSA) is 12.0 Å². The second kappa shape index (κ2) is 6.59. The number of hydrogen-bond acceptors (Lipinski definition) is 2. The highest BCUT2D eigenvalue weighted by molar-refractivity contribution is 9.10. The summed E-state index contributed by atoms with van der Waals surface area (Å²) >= 11 is 17.2. The van der Waals surface area contributed by atoms with E-state index in [9.17, 15) is 0 Å². The van der Waals surface area contributed by atoms with E-state index in [2.05, 4.69) is 46.5 Å². The molecule has 2 rings (SSSR count). The summed E-state index contributed by atoms with van der Waals surface area (Å²) in [7, 11) is 0. The van der Waals surface area contributed by atoms with Crippen molar-refractivity contribution in [2.45, 2.75) is 25.9 Å². The van der Waals surface area contributed by atoms with Crippen LogP contribution in [0.4, 0.5) is 0 Å². The van der Waals surface area contributed by atoms with Crippen LogP contribution in [-0.2, 0) is 0 Å². The minimum Gasteiger partial charge on any atom is -0.303 e. The maximum absolute atomic E-state index is 6.05. The molecule has 0 spiro atoms. The molecule has 1 nitrogen and oxygen atoms in total. The van der Waals surface area contributed by atoms with Crippen LogP contribution in [0.25, 0.3) is 0 Å². The molecule has 2 aromatic rings. The Labute approximate surface area is 136 Å². The molecule has 102 valence electrons. The SMILES string of the molecule is CC(NC(C)c1cc(Br)cs1)c1ccc(Cl)c(Cl)c1. The molecule has 0 aliphatic heterocycles. The molecule has 0 amide bonds. The van der Waals surface area contributed by atoms with E-state index in [1.807, 2.05) is 18.2 Å². The van der Waals surface area contributed by atoms with Crippen molar-refractivity contribution >= 4 is 50.5 Å². The summed E-state index contributed by atoms with van der Waals surface area (Å²) in [6, 6.07) is 8.40. The van der Waals surface area contributed by atoms with Gasteiger partial charge in [0.15, 0.2) is 0 Å². The summed E-state index contributed by atoms with van der Waals surface area (Å²) in [6.07, 6.45) is 0. The van der Waals surface area contributed by atoms with Gasteiger partial charge < -0.3 is 5.32 Å². The predicted molar refractivity (Wildman–Crippen MR) is 88.4 cm³/mol. The molecule has 0 saturated carbocycles. The van der Waals surface area contributed by atoms with E-state index in [4.69, 9.17) is 23.2 Å². The Kier molecular flexibility index (Phi) is 5.32. The zero-order valence-corrected chi connectivity index (χ0v) is 14.5. The standard InChI is InChI=1S/C14H14BrCl2NS/c1-8(10-3-4-12(16)13(17)5-10)18-9(2)14-6-11(15)7-19-14/h3-9,18H,1-2H3. The van der Waals surface area contributed by atoms with E-state index in [0.717, 1.165) is 10.0 Å². The van der Waals surface area contributed by atoms with Gasteiger partial charge in [-0.3, -0.25) is 0 Å². The first kappa shape index (κ1) is 15.3. The molecule has 1 aromatic carbocycles. The molecule has 19 heavy (non-hydrogen) atoms. The van der Waals surface area contributed by atoms with Gasteiger partial charge in [-0.15, -0.1) is 11.3 Å². The number of hydrogen-bond donors (Lipinski definition) is 1. The smallest absolute Gasteiger partial charge is 0.0595 e. The van der Waals surface area contributed by atoms with Crippen LogP contribution in [0.15, 0.2) is 34.1 Å². The zero-order chi connectivity index (χ0) is 14.0. The van der Waals surface area contributed by atoms with Crippen molar-refractivity contribution in [3.63, 3.8) is 0 Å². The lowest BCUT2D eigenvalue weighted by Crippen LogP contribution is -2.21. The second-order valence-electron chi connectivity index (χ2n) is 4.45. The minimum absolute atomic E-state index is 0.214. The summed E-state index contributed by atoms with van der Waals surface area (Å²) in [5.41, 5.74) is 1.14. The van der Waals surface area contributed by atoms with Crippen molar-refractivity contribution in [1.29, 1.82) is 0 Å². The van der Waals surface area contributed by atoms with Gasteiger partial charge >= 0.3 is 0 Å². The third-order valence-electron chi connectivity index (χ3n) is 2.96. The molecule has 0 bridgehead atoms. The highest BCUT2D eigenvalue weighted by Crippen LogP contribution is 2.29. The molecule has 2 atom stereocenters. The lowest BCUT2D eigenvalue weighted by molar-refractivity contribution is 0.500. The van der Waals surface area contributed by atoms with Crippen LogP contribution in [0.3, 0.4) is 0 Å². The fourth-order valence-corrected chi connectivity index (χ4v) is 3.66. The Morgan fingerprint density at radius 1 is 1.11 bits per heavy atom. The van der Waals surface area contributed by atoms with Crippen LogP contribution in [-0.4, -0.2) is 0 Å². The van der Waals surface area contributed by atoms with E-state index in [1.54, 1.807) is 11.3 Å². The van der Waals surface area contributed by atoms with Gasteiger partial charge in [-0.25, -0.2) is 0 Å². The average Bonchev–Trinajstić information content (AvgIpc) is 2.79. The highest BCUT2D eigenvalue weighted by Gasteiger charge is 2.13. The molecular formula is C14H14BrCl2NS. The summed E-state index contributed by atoms with van der Waals surface area (Å²) in [6.45, 7) is 4.28. The molecule has 0 aliphatic rings. The summed E-state index contributed by atoms with van der Waals surface area (Å²) in [4.78, 5) is 1.30. The first-order valence-electron chi connectivity index (χ1n) is 5.92. The predicted octanol–water partition coefficient (Wildman–Crippen LogP) is 6.23. The van der Waals surface area contributed by atoms with Crippen molar-refractivity contribution in [3.05, 3.63) is 54.6 Å². The Morgan fingerprint density at radius 2 is 1.84 bits per heavy atom. The number of thiophene rings is 1. The van der Waals surface area contributed by atoms with Crippen LogP contribution >= 0.6 is 50.5 Å². The normalized spacial score (nSPS) is 14.4. The van der Waals surface area contributed by atoms with Crippen LogP contribution in [0.1, 0.15) is 36.4 Å². The molecule has 1 aromatic heterocycles. The summed E-state index contributed by atoms with van der Waals surface area (Å²) < 4.78 is 1.13. The van der Waals surface area contributed by atoms with Crippen molar-refractivity contribution < 1.29 is 0 Å². The van der Waals surface area contributed by atoms with Crippen molar-refractivity contribution in [1.82, 2.24) is 5.32 Å². The first-order valence-corrected chi connectivity index (χ1v) is 8.35. The lowest BCUT2D eigenvalue weighted by atomic mass is 10.1. The molecular weight excluding hydrogens is 365 g/mol. The number of halogens is 3. The van der Waals surface area contributed by atoms with E-state index in [1.165, 1.54) is 4.88 Å². The molecule has 0 fully saturated rings. The van der Waals surface area contributed by atoms with Gasteiger partial charge in [0.05, 0.1) is 10.0 Å². The fraction of sp³-hybridized carbons (Fsp3) is 0.286. The van der Waals surface area contributed by atoms with Gasteiger partial charge in [-0.05, 0) is 53.5 Å². The monoisotopic (exact) mass is 377 g/mol. The Balaban J connectivity index is 2.07. The van der Waals surface area contributed by atoms with Crippen LogP contribution in [0.2, 0.25) is 10.0 Å². The van der Waals surface area contributed by atoms with E-state index >= 15 is 0 Å². The van der Waals surface area contributed by atoms with Gasteiger partial charge in [0, 0.05) is 26.8 Å². The first-order chi connectivity index (χ1) is 8.97. The van der Waals surface area contributed by atoms with Crippen LogP contribution in [0, 0.1) is 0 Å². The van der Waals surface area contributed by atoms with Crippen molar-refractivity contribution in [2.75, 3.05) is 0 Å². The summed E-state index contributed by atoms with van der Waals surface area (Å²) in [5.74, 6) is 0. The third kappa shape index (κ3) is 3.96. The maximum atomic E-state index is 6.05. The zero-order valence-electron chi connectivity index (χ0n) is 10.6. The van der Waals surface area contributed by atoms with E-state index in [-0.39, 0.29) is 6.04 Å². The third-order valence-corrected chi connectivity index (χ3v) is 5.57. The van der Waals surface area contributed by atoms with Gasteiger partial charge in [-0.2, -0.15) is 0 Å². The summed E-state index contributed by atoms with van der Waals surface area (Å²) in [5, 5.41) is 6.84. The van der Waals surface area contributed by atoms with Gasteiger partial charge in [0.2, 0.25) is 0 Å². The van der Waals surface area contributed by atoms with Gasteiger partial charge in [0.25, 0.3) is 0 Å². The van der Waals surface area contributed by atoms with Crippen LogP contribution < -0.4 is 5.32 Å². The molecule has 0 radical (unpaired) electrons. The van der Waals surface area contributed by atoms with Crippen LogP contribution in [0.5, 0.6) is 0 Å². The molecule has 0 saturated heterocycles. The van der Waals surface area contributed by atoms with Crippen molar-refractivity contribution in [2.24, 2.45) is 0 Å². The number of nitrogens with one attached hydrogen (secondary N) is 1. The number of rotatable bonds is 4. The average molecular weight is 379 g/mol. The largest absolute Gasteiger partial charge is 0.303 e. The Morgan fingerprint density at radius 3 is 2.42 bits per heavy atom. The van der Waals surface area contributed by atoms with E-state index < -0.39 is 0 Å². The highest BCUT2D eigenvalue weighted by atomic mass is 79.9. The fourth-order valence-electron chi connectivity index (χ4n) is 1.89. The Bertz CT molecular complexity index is 570. The van der Waals surface area contributed by atoms with E-state index in [0.29, 0.717) is 16.1 Å². The maximum Gasteiger partial charge on any atom is 0.0595 e. The Hall–Kier alpha value is -0.0600. The molecule has 1 heterocycles. The quantitative estimate of drug-likeness (QED) is 0.664.